The standard InChI is InChI=1S/C15H21N5O.HI/c1-16-15(18-11-13-8-9-19-20(13)2)17-10-12-6-4-5-7-14(12)21-3;/h4-9H,10-11H2,1-3H3,(H2,16,17,18);1H. The molecule has 0 saturated heterocycles. The first-order chi connectivity index (χ1) is 10.2. The van der Waals surface area contributed by atoms with Gasteiger partial charge in [-0.15, -0.1) is 24.0 Å². The molecule has 2 aromatic rings. The molecule has 0 unspecified atom stereocenters. The predicted octanol–water partition coefficient (Wildman–Crippen LogP) is 1.91. The molecule has 0 radical (unpaired) electrons. The lowest BCUT2D eigenvalue weighted by Crippen LogP contribution is -2.36. The van der Waals surface area contributed by atoms with Gasteiger partial charge in [0.1, 0.15) is 5.75 Å². The number of guanidine groups is 1. The van der Waals surface area contributed by atoms with Crippen molar-refractivity contribution in [2.75, 3.05) is 14.2 Å². The number of methoxy groups -OCH3 is 1. The topological polar surface area (TPSA) is 63.5 Å². The Balaban J connectivity index is 0.00000242. The number of halogens is 1. The molecule has 0 saturated carbocycles. The molecule has 0 aliphatic carbocycles. The second kappa shape index (κ2) is 9.29. The predicted molar refractivity (Wildman–Crippen MR) is 98.7 cm³/mol. The molecule has 1 heterocycles. The van der Waals surface area contributed by atoms with Crippen molar-refractivity contribution in [3.05, 3.63) is 47.8 Å². The highest BCUT2D eigenvalue weighted by Gasteiger charge is 2.04. The normalized spacial score (nSPS) is 10.8. The number of para-hydroxylation sites is 1. The van der Waals surface area contributed by atoms with Crippen molar-refractivity contribution >= 4 is 29.9 Å². The van der Waals surface area contributed by atoms with Crippen molar-refractivity contribution in [3.63, 3.8) is 0 Å². The lowest BCUT2D eigenvalue weighted by Gasteiger charge is -2.13. The Bertz CT molecular complexity index is 611. The number of hydrogen-bond donors (Lipinski definition) is 2. The van der Waals surface area contributed by atoms with Crippen LogP contribution < -0.4 is 15.4 Å². The van der Waals surface area contributed by atoms with Gasteiger partial charge in [0.25, 0.3) is 0 Å². The molecule has 0 atom stereocenters. The summed E-state index contributed by atoms with van der Waals surface area (Å²) in [7, 11) is 5.34. The van der Waals surface area contributed by atoms with E-state index < -0.39 is 0 Å². The molecule has 7 heteroatoms. The van der Waals surface area contributed by atoms with E-state index in [2.05, 4.69) is 20.7 Å². The van der Waals surface area contributed by atoms with Crippen LogP contribution in [0.1, 0.15) is 11.3 Å². The van der Waals surface area contributed by atoms with Gasteiger partial charge in [0, 0.05) is 32.4 Å². The number of hydrogen-bond acceptors (Lipinski definition) is 3. The third-order valence-electron chi connectivity index (χ3n) is 3.22. The van der Waals surface area contributed by atoms with E-state index in [1.807, 2.05) is 42.1 Å². The fourth-order valence-corrected chi connectivity index (χ4v) is 2.00. The summed E-state index contributed by atoms with van der Waals surface area (Å²) in [5, 5.41) is 10.7. The lowest BCUT2D eigenvalue weighted by atomic mass is 10.2. The number of aliphatic imine (C=N–C) groups is 1. The molecule has 2 rings (SSSR count). The van der Waals surface area contributed by atoms with Crippen LogP contribution in [-0.2, 0) is 20.1 Å². The highest BCUT2D eigenvalue weighted by Crippen LogP contribution is 2.16. The van der Waals surface area contributed by atoms with Gasteiger partial charge in [0.2, 0.25) is 0 Å². The molecule has 0 aliphatic rings. The number of aryl methyl sites for hydroxylation is 1. The van der Waals surface area contributed by atoms with Crippen LogP contribution in [-0.4, -0.2) is 29.9 Å². The molecular weight excluding hydrogens is 393 g/mol. The van der Waals surface area contributed by atoms with Gasteiger partial charge in [-0.3, -0.25) is 9.67 Å². The Morgan fingerprint density at radius 2 is 1.95 bits per heavy atom. The molecule has 6 nitrogen and oxygen atoms in total. The molecule has 22 heavy (non-hydrogen) atoms. The number of benzene rings is 1. The maximum atomic E-state index is 5.33. The Morgan fingerprint density at radius 3 is 2.59 bits per heavy atom. The number of ether oxygens (including phenoxy) is 1. The SMILES string of the molecule is CN=C(NCc1ccccc1OC)NCc1ccnn1C.I. The van der Waals surface area contributed by atoms with E-state index in [9.17, 15) is 0 Å². The Morgan fingerprint density at radius 1 is 1.23 bits per heavy atom. The molecule has 0 amide bonds. The monoisotopic (exact) mass is 415 g/mol. The maximum absolute atomic E-state index is 5.33. The minimum absolute atomic E-state index is 0. The fourth-order valence-electron chi connectivity index (χ4n) is 2.00. The summed E-state index contributed by atoms with van der Waals surface area (Å²) >= 11 is 0. The van der Waals surface area contributed by atoms with Crippen molar-refractivity contribution in [1.29, 1.82) is 0 Å². The summed E-state index contributed by atoms with van der Waals surface area (Å²) in [6.07, 6.45) is 1.78. The van der Waals surface area contributed by atoms with Crippen LogP contribution in [0.3, 0.4) is 0 Å². The minimum Gasteiger partial charge on any atom is -0.496 e. The van der Waals surface area contributed by atoms with Gasteiger partial charge in [-0.1, -0.05) is 18.2 Å². The van der Waals surface area contributed by atoms with Gasteiger partial charge in [-0.05, 0) is 12.1 Å². The number of aromatic nitrogens is 2. The first kappa shape index (κ1) is 18.3. The Kier molecular flexibility index (Phi) is 7.72. The Hall–Kier alpha value is -1.77. The molecular formula is C15H22IN5O. The van der Waals surface area contributed by atoms with Crippen LogP contribution in [0.25, 0.3) is 0 Å². The van der Waals surface area contributed by atoms with Gasteiger partial charge in [-0.2, -0.15) is 5.10 Å². The van der Waals surface area contributed by atoms with Gasteiger partial charge in [0.15, 0.2) is 5.96 Å². The van der Waals surface area contributed by atoms with E-state index in [0.29, 0.717) is 13.1 Å². The van der Waals surface area contributed by atoms with Crippen LogP contribution in [0, 0.1) is 0 Å². The highest BCUT2D eigenvalue weighted by molar-refractivity contribution is 14.0. The minimum atomic E-state index is 0. The second-order valence-corrected chi connectivity index (χ2v) is 4.54. The second-order valence-electron chi connectivity index (χ2n) is 4.54. The third kappa shape index (κ3) is 4.90. The first-order valence-corrected chi connectivity index (χ1v) is 6.78. The van der Waals surface area contributed by atoms with Gasteiger partial charge in [0.05, 0.1) is 19.3 Å². The zero-order chi connectivity index (χ0) is 15.1. The van der Waals surface area contributed by atoms with Crippen molar-refractivity contribution in [3.8, 4) is 5.75 Å². The van der Waals surface area contributed by atoms with E-state index in [1.54, 1.807) is 20.4 Å². The van der Waals surface area contributed by atoms with Crippen LogP contribution in [0.5, 0.6) is 5.75 Å². The summed E-state index contributed by atoms with van der Waals surface area (Å²) in [6.45, 7) is 1.32. The quantitative estimate of drug-likeness (QED) is 0.445. The zero-order valence-corrected chi connectivity index (χ0v) is 15.4. The van der Waals surface area contributed by atoms with E-state index in [4.69, 9.17) is 4.74 Å². The van der Waals surface area contributed by atoms with Crippen LogP contribution in [0.2, 0.25) is 0 Å². The van der Waals surface area contributed by atoms with Crippen LogP contribution >= 0.6 is 24.0 Å². The largest absolute Gasteiger partial charge is 0.496 e. The average Bonchev–Trinajstić information content (AvgIpc) is 2.93. The molecule has 0 bridgehead atoms. The summed E-state index contributed by atoms with van der Waals surface area (Å²) in [4.78, 5) is 4.21. The summed E-state index contributed by atoms with van der Waals surface area (Å²) in [5.74, 6) is 1.61. The summed E-state index contributed by atoms with van der Waals surface area (Å²) in [6, 6.07) is 9.90. The van der Waals surface area contributed by atoms with Crippen LogP contribution in [0.4, 0.5) is 0 Å². The van der Waals surface area contributed by atoms with E-state index in [1.165, 1.54) is 0 Å². The number of rotatable bonds is 5. The van der Waals surface area contributed by atoms with Crippen molar-refractivity contribution in [2.24, 2.45) is 12.0 Å². The van der Waals surface area contributed by atoms with Gasteiger partial charge in [-0.25, -0.2) is 0 Å². The van der Waals surface area contributed by atoms with Gasteiger partial charge >= 0.3 is 0 Å². The fraction of sp³-hybridized carbons (Fsp3) is 0.333. The van der Waals surface area contributed by atoms with E-state index >= 15 is 0 Å². The Labute approximate surface area is 148 Å². The average molecular weight is 415 g/mol. The number of nitrogens with zero attached hydrogens (tertiary/aromatic N) is 3. The zero-order valence-electron chi connectivity index (χ0n) is 13.0. The summed E-state index contributed by atoms with van der Waals surface area (Å²) in [5.41, 5.74) is 2.18. The van der Waals surface area contributed by atoms with Crippen LogP contribution in [0.15, 0.2) is 41.5 Å². The number of nitrogens with one attached hydrogen (secondary N) is 2. The smallest absolute Gasteiger partial charge is 0.191 e. The molecule has 1 aromatic heterocycles. The van der Waals surface area contributed by atoms with Gasteiger partial charge < -0.3 is 15.4 Å². The molecule has 0 fully saturated rings. The molecule has 0 spiro atoms. The molecule has 2 N–H and O–H groups in total. The van der Waals surface area contributed by atoms with E-state index in [0.717, 1.165) is 23.0 Å². The molecule has 0 aliphatic heterocycles. The van der Waals surface area contributed by atoms with Crippen molar-refractivity contribution in [1.82, 2.24) is 20.4 Å². The van der Waals surface area contributed by atoms with Crippen molar-refractivity contribution < 1.29 is 4.74 Å². The molecule has 120 valence electrons. The van der Waals surface area contributed by atoms with Crippen molar-refractivity contribution in [2.45, 2.75) is 13.1 Å². The first-order valence-electron chi connectivity index (χ1n) is 6.78. The summed E-state index contributed by atoms with van der Waals surface area (Å²) < 4.78 is 7.17. The third-order valence-corrected chi connectivity index (χ3v) is 3.22. The highest BCUT2D eigenvalue weighted by atomic mass is 127. The van der Waals surface area contributed by atoms with E-state index in [-0.39, 0.29) is 24.0 Å². The molecule has 1 aromatic carbocycles. The maximum Gasteiger partial charge on any atom is 0.191 e. The lowest BCUT2D eigenvalue weighted by molar-refractivity contribution is 0.409.